The minimum atomic E-state index is -1.04. The van der Waals surface area contributed by atoms with Crippen molar-refractivity contribution < 1.29 is 24.9 Å². The van der Waals surface area contributed by atoms with E-state index in [1.807, 2.05) is 30.3 Å². The Morgan fingerprint density at radius 3 is 2.07 bits per heavy atom. The van der Waals surface area contributed by atoms with Crippen molar-refractivity contribution in [3.8, 4) is 11.1 Å². The van der Waals surface area contributed by atoms with Gasteiger partial charge in [0.25, 0.3) is 0 Å². The summed E-state index contributed by atoms with van der Waals surface area (Å²) in [6.45, 7) is -0.786. The fourth-order valence-electron chi connectivity index (χ4n) is 3.05. The highest BCUT2D eigenvalue weighted by molar-refractivity contribution is 5.83. The fourth-order valence-corrected chi connectivity index (χ4v) is 3.05. The van der Waals surface area contributed by atoms with Gasteiger partial charge in [0, 0.05) is 5.92 Å². The number of nitrogens with one attached hydrogen (secondary N) is 1. The molecule has 0 saturated heterocycles. The number of aliphatic hydroxyl groups is 2. The lowest BCUT2D eigenvalue weighted by Gasteiger charge is -2.19. The third kappa shape index (κ3) is 6.79. The first-order valence-corrected chi connectivity index (χ1v) is 9.41. The standard InChI is InChI=1S/C22H27NO5/c24-14-20(15-25)23-22(28)19(13-21(26)27)8-4-5-16-9-11-18(12-10-16)17-6-2-1-3-7-17/h1-3,6-7,9-12,19-20,24-25H,4-5,8,13-15H2,(H,23,28)(H,26,27)/t19-/m1/s1. The topological polar surface area (TPSA) is 107 Å². The molecule has 0 aliphatic rings. The van der Waals surface area contributed by atoms with Crippen molar-refractivity contribution in [3.63, 3.8) is 0 Å². The summed E-state index contributed by atoms with van der Waals surface area (Å²) >= 11 is 0. The molecular formula is C22H27NO5. The fraction of sp³-hybridized carbons (Fsp3) is 0.364. The number of aryl methyl sites for hydroxylation is 1. The summed E-state index contributed by atoms with van der Waals surface area (Å²) in [5.74, 6) is -2.19. The highest BCUT2D eigenvalue weighted by Gasteiger charge is 2.23. The summed E-state index contributed by atoms with van der Waals surface area (Å²) in [4.78, 5) is 23.3. The molecule has 0 saturated carbocycles. The molecule has 0 aliphatic carbocycles. The second-order valence-corrected chi connectivity index (χ2v) is 6.82. The van der Waals surface area contributed by atoms with Crippen LogP contribution in [0, 0.1) is 5.92 Å². The zero-order valence-corrected chi connectivity index (χ0v) is 15.8. The Hall–Kier alpha value is -2.70. The van der Waals surface area contributed by atoms with E-state index in [0.29, 0.717) is 12.8 Å². The van der Waals surface area contributed by atoms with E-state index in [-0.39, 0.29) is 6.42 Å². The maximum absolute atomic E-state index is 12.3. The summed E-state index contributed by atoms with van der Waals surface area (Å²) in [6.07, 6.45) is 1.55. The minimum absolute atomic E-state index is 0.275. The van der Waals surface area contributed by atoms with Crippen LogP contribution < -0.4 is 5.32 Å². The number of aliphatic hydroxyl groups excluding tert-OH is 2. The number of aliphatic carboxylic acids is 1. The van der Waals surface area contributed by atoms with Gasteiger partial charge in [0.1, 0.15) is 0 Å². The lowest BCUT2D eigenvalue weighted by molar-refractivity contribution is -0.141. The number of hydrogen-bond acceptors (Lipinski definition) is 4. The zero-order chi connectivity index (χ0) is 20.4. The van der Waals surface area contributed by atoms with Crippen LogP contribution in [0.25, 0.3) is 11.1 Å². The molecule has 150 valence electrons. The average Bonchev–Trinajstić information content (AvgIpc) is 2.72. The molecule has 0 bridgehead atoms. The van der Waals surface area contributed by atoms with Gasteiger partial charge in [-0.2, -0.15) is 0 Å². The van der Waals surface area contributed by atoms with Gasteiger partial charge in [-0.25, -0.2) is 0 Å². The van der Waals surface area contributed by atoms with Crippen LogP contribution >= 0.6 is 0 Å². The molecule has 0 aliphatic heterocycles. The van der Waals surface area contributed by atoms with Gasteiger partial charge in [0.15, 0.2) is 0 Å². The summed E-state index contributed by atoms with van der Waals surface area (Å²) in [6, 6.07) is 17.5. The first-order chi connectivity index (χ1) is 13.5. The largest absolute Gasteiger partial charge is 0.481 e. The molecule has 0 spiro atoms. The Morgan fingerprint density at radius 2 is 1.50 bits per heavy atom. The number of benzene rings is 2. The lowest BCUT2D eigenvalue weighted by atomic mass is 9.95. The van der Waals surface area contributed by atoms with Crippen LogP contribution in [-0.2, 0) is 16.0 Å². The second-order valence-electron chi connectivity index (χ2n) is 6.82. The van der Waals surface area contributed by atoms with E-state index in [1.165, 1.54) is 0 Å². The van der Waals surface area contributed by atoms with Gasteiger partial charge in [0.2, 0.25) is 5.91 Å². The van der Waals surface area contributed by atoms with Crippen molar-refractivity contribution >= 4 is 11.9 Å². The summed E-state index contributed by atoms with van der Waals surface area (Å²) < 4.78 is 0. The number of rotatable bonds is 11. The van der Waals surface area contributed by atoms with Crippen LogP contribution in [0.15, 0.2) is 54.6 Å². The molecule has 0 radical (unpaired) electrons. The molecule has 0 heterocycles. The zero-order valence-electron chi connectivity index (χ0n) is 15.8. The van der Waals surface area contributed by atoms with Gasteiger partial charge in [0.05, 0.1) is 25.7 Å². The van der Waals surface area contributed by atoms with E-state index in [9.17, 15) is 9.59 Å². The quantitative estimate of drug-likeness (QED) is 0.475. The molecule has 4 N–H and O–H groups in total. The normalized spacial score (nSPS) is 12.0. The van der Waals surface area contributed by atoms with E-state index in [4.69, 9.17) is 15.3 Å². The van der Waals surface area contributed by atoms with Gasteiger partial charge in [-0.1, -0.05) is 54.6 Å². The van der Waals surface area contributed by atoms with Gasteiger partial charge in [-0.15, -0.1) is 0 Å². The third-order valence-electron chi connectivity index (χ3n) is 4.66. The van der Waals surface area contributed by atoms with Crippen LogP contribution in [0.1, 0.15) is 24.8 Å². The highest BCUT2D eigenvalue weighted by atomic mass is 16.4. The van der Waals surface area contributed by atoms with Crippen molar-refractivity contribution in [1.29, 1.82) is 0 Å². The van der Waals surface area contributed by atoms with Crippen LogP contribution in [0.5, 0.6) is 0 Å². The van der Waals surface area contributed by atoms with Crippen molar-refractivity contribution in [1.82, 2.24) is 5.32 Å². The molecule has 6 heteroatoms. The average molecular weight is 385 g/mol. The number of hydrogen-bond donors (Lipinski definition) is 4. The van der Waals surface area contributed by atoms with Crippen molar-refractivity contribution in [3.05, 3.63) is 60.2 Å². The van der Waals surface area contributed by atoms with Crippen molar-refractivity contribution in [2.24, 2.45) is 5.92 Å². The van der Waals surface area contributed by atoms with Crippen molar-refractivity contribution in [2.45, 2.75) is 31.7 Å². The van der Waals surface area contributed by atoms with Crippen LogP contribution in [0.4, 0.5) is 0 Å². The third-order valence-corrected chi connectivity index (χ3v) is 4.66. The minimum Gasteiger partial charge on any atom is -0.481 e. The summed E-state index contributed by atoms with van der Waals surface area (Å²) in [5.41, 5.74) is 3.40. The van der Waals surface area contributed by atoms with E-state index < -0.39 is 37.0 Å². The molecule has 0 unspecified atom stereocenters. The van der Waals surface area contributed by atoms with E-state index >= 15 is 0 Å². The van der Waals surface area contributed by atoms with Gasteiger partial charge in [-0.3, -0.25) is 9.59 Å². The molecule has 2 rings (SSSR count). The first-order valence-electron chi connectivity index (χ1n) is 9.41. The monoisotopic (exact) mass is 385 g/mol. The van der Waals surface area contributed by atoms with E-state index in [1.54, 1.807) is 0 Å². The lowest BCUT2D eigenvalue weighted by Crippen LogP contribution is -2.43. The number of carboxylic acid groups (broad SMARTS) is 1. The molecule has 6 nitrogen and oxygen atoms in total. The maximum atomic E-state index is 12.3. The Morgan fingerprint density at radius 1 is 0.893 bits per heavy atom. The summed E-state index contributed by atoms with van der Waals surface area (Å²) in [5, 5.41) is 29.7. The maximum Gasteiger partial charge on any atom is 0.304 e. The molecule has 1 amide bonds. The number of carbonyl (C=O) groups excluding carboxylic acids is 1. The smallest absolute Gasteiger partial charge is 0.304 e. The Kier molecular flexibility index (Phi) is 8.65. The second kappa shape index (κ2) is 11.2. The van der Waals surface area contributed by atoms with E-state index in [2.05, 4.69) is 29.6 Å². The van der Waals surface area contributed by atoms with Crippen LogP contribution in [0.3, 0.4) is 0 Å². The molecular weight excluding hydrogens is 358 g/mol. The van der Waals surface area contributed by atoms with E-state index in [0.717, 1.165) is 23.1 Å². The Balaban J connectivity index is 1.90. The van der Waals surface area contributed by atoms with Gasteiger partial charge in [-0.05, 0) is 36.0 Å². The SMILES string of the molecule is O=C(O)C[C@@H](CCCc1ccc(-c2ccccc2)cc1)C(=O)NC(CO)CO. The predicted octanol–water partition coefficient (Wildman–Crippen LogP) is 2.24. The Labute approximate surface area is 164 Å². The van der Waals surface area contributed by atoms with Gasteiger partial charge < -0.3 is 20.6 Å². The first kappa shape index (κ1) is 21.6. The number of carbonyl (C=O) groups is 2. The van der Waals surface area contributed by atoms with Crippen LogP contribution in [-0.4, -0.2) is 46.5 Å². The Bertz CT molecular complexity index is 741. The predicted molar refractivity (Wildman–Crippen MR) is 107 cm³/mol. The number of carboxylic acids is 1. The molecule has 2 aromatic carbocycles. The van der Waals surface area contributed by atoms with Crippen LogP contribution in [0.2, 0.25) is 0 Å². The summed E-state index contributed by atoms with van der Waals surface area (Å²) in [7, 11) is 0. The molecule has 0 aromatic heterocycles. The molecule has 1 atom stereocenters. The highest BCUT2D eigenvalue weighted by Crippen LogP contribution is 2.21. The molecule has 2 aromatic rings. The number of amides is 1. The molecule has 0 fully saturated rings. The van der Waals surface area contributed by atoms with Gasteiger partial charge >= 0.3 is 5.97 Å². The molecule has 28 heavy (non-hydrogen) atoms. The van der Waals surface area contributed by atoms with Crippen molar-refractivity contribution in [2.75, 3.05) is 13.2 Å².